The maximum Gasteiger partial charge on any atom is 0.337 e. The Labute approximate surface area is 52.0 Å². The Morgan fingerprint density at radius 1 is 1.89 bits per heavy atom. The molecule has 48 valence electrons. The van der Waals surface area contributed by atoms with Crippen LogP contribution in [0.15, 0.2) is 12.3 Å². The highest BCUT2D eigenvalue weighted by atomic mass is 16.5. The topological polar surface area (TPSA) is 70.3 Å². The highest BCUT2D eigenvalue weighted by molar-refractivity contribution is 5.71. The van der Waals surface area contributed by atoms with Crippen LogP contribution in [0.3, 0.4) is 0 Å². The van der Waals surface area contributed by atoms with Gasteiger partial charge in [-0.15, -0.1) is 0 Å². The number of hydrogen-bond acceptors (Lipinski definition) is 4. The number of carbonyl (C=O) groups excluding carboxylic acids is 1. The summed E-state index contributed by atoms with van der Waals surface area (Å²) in [5.74, 6) is -1.18. The number of esters is 1. The van der Waals surface area contributed by atoms with Gasteiger partial charge in [-0.2, -0.15) is 5.26 Å². The molecule has 0 spiro atoms. The Bertz CT molecular complexity index is 168. The van der Waals surface area contributed by atoms with Crippen LogP contribution in [0.2, 0.25) is 0 Å². The van der Waals surface area contributed by atoms with E-state index in [1.807, 2.05) is 0 Å². The van der Waals surface area contributed by atoms with Crippen LogP contribution in [-0.2, 0) is 9.53 Å². The average molecular weight is 127 g/mol. The van der Waals surface area contributed by atoms with Crippen LogP contribution in [0.1, 0.15) is 0 Å². The summed E-state index contributed by atoms with van der Waals surface area (Å²) in [5, 5.41) is 16.0. The quantitative estimate of drug-likeness (QED) is 0.310. The van der Waals surface area contributed by atoms with Crippen molar-refractivity contribution in [3.63, 3.8) is 0 Å². The van der Waals surface area contributed by atoms with Gasteiger partial charge in [-0.3, -0.25) is 0 Å². The van der Waals surface area contributed by atoms with E-state index >= 15 is 0 Å². The molecule has 0 amide bonds. The molecule has 0 radical (unpaired) electrons. The minimum atomic E-state index is -0.874. The first-order valence-corrected chi connectivity index (χ1v) is 2.11. The van der Waals surface area contributed by atoms with Gasteiger partial charge in [-0.25, -0.2) is 4.79 Å². The molecule has 0 rings (SSSR count). The number of nitrogens with zero attached hydrogens (tertiary/aromatic N) is 1. The van der Waals surface area contributed by atoms with Crippen molar-refractivity contribution in [1.29, 1.82) is 5.26 Å². The minimum Gasteiger partial charge on any atom is -0.414 e. The molecule has 0 atom stereocenters. The summed E-state index contributed by atoms with van der Waals surface area (Å²) in [6, 6.07) is 1.48. The van der Waals surface area contributed by atoms with Gasteiger partial charge in [0.2, 0.25) is 0 Å². The van der Waals surface area contributed by atoms with Crippen LogP contribution < -0.4 is 0 Å². The molecule has 0 unspecified atom stereocenters. The minimum absolute atomic E-state index is 0.311. The van der Waals surface area contributed by atoms with Crippen LogP contribution in [0, 0.1) is 11.3 Å². The van der Waals surface area contributed by atoms with Crippen molar-refractivity contribution in [3.8, 4) is 6.07 Å². The van der Waals surface area contributed by atoms with Gasteiger partial charge in [0, 0.05) is 0 Å². The number of hydrogen-bond donors (Lipinski definition) is 1. The third-order valence-electron chi connectivity index (χ3n) is 0.491. The molecule has 0 aliphatic carbocycles. The second-order valence-electron chi connectivity index (χ2n) is 1.17. The Morgan fingerprint density at radius 3 is 2.78 bits per heavy atom. The molecule has 0 aromatic rings. The normalized spacial score (nSPS) is 7.56. The van der Waals surface area contributed by atoms with E-state index in [4.69, 9.17) is 10.4 Å². The van der Waals surface area contributed by atoms with Crippen LogP contribution in [-0.4, -0.2) is 17.7 Å². The van der Waals surface area contributed by atoms with E-state index in [-0.39, 0.29) is 5.76 Å². The fourth-order valence-electron chi connectivity index (χ4n) is 0.193. The van der Waals surface area contributed by atoms with Gasteiger partial charge < -0.3 is 9.84 Å². The van der Waals surface area contributed by atoms with Gasteiger partial charge in [-0.05, 0) is 6.58 Å². The fourth-order valence-corrected chi connectivity index (χ4v) is 0.193. The summed E-state index contributed by atoms with van der Waals surface area (Å²) in [4.78, 5) is 10.1. The summed E-state index contributed by atoms with van der Waals surface area (Å²) in [6.45, 7) is 2.31. The van der Waals surface area contributed by atoms with Crippen LogP contribution in [0.5, 0.6) is 0 Å². The molecule has 0 saturated heterocycles. The number of aliphatic hydroxyl groups excluding tert-OH is 1. The summed E-state index contributed by atoms with van der Waals surface area (Å²) >= 11 is 0. The number of aliphatic hydroxyl groups is 1. The number of rotatable bonds is 2. The summed E-state index contributed by atoms with van der Waals surface area (Å²) in [5.41, 5.74) is 0. The van der Waals surface area contributed by atoms with Gasteiger partial charge in [-0.1, -0.05) is 0 Å². The van der Waals surface area contributed by atoms with E-state index in [9.17, 15) is 4.79 Å². The average Bonchev–Trinajstić information content (AvgIpc) is 1.87. The van der Waals surface area contributed by atoms with Crippen LogP contribution in [0.25, 0.3) is 0 Å². The molecule has 0 aromatic carbocycles. The lowest BCUT2D eigenvalue weighted by Crippen LogP contribution is -2.07. The van der Waals surface area contributed by atoms with Crippen molar-refractivity contribution in [2.45, 2.75) is 0 Å². The standard InChI is InChI=1S/C5H5NO3/c1-4(2-6)9-5(8)3-7/h7H,1,3H2. The van der Waals surface area contributed by atoms with E-state index < -0.39 is 12.6 Å². The van der Waals surface area contributed by atoms with Crippen molar-refractivity contribution in [3.05, 3.63) is 12.3 Å². The Balaban J connectivity index is 3.64. The summed E-state index contributed by atoms with van der Waals surface area (Å²) in [7, 11) is 0. The first kappa shape index (κ1) is 7.66. The van der Waals surface area contributed by atoms with Crippen molar-refractivity contribution in [1.82, 2.24) is 0 Å². The molecular formula is C5H5NO3. The molecule has 0 aromatic heterocycles. The van der Waals surface area contributed by atoms with Crippen LogP contribution >= 0.6 is 0 Å². The lowest BCUT2D eigenvalue weighted by atomic mass is 10.6. The first-order chi connectivity index (χ1) is 4.20. The number of allylic oxidation sites excluding steroid dienone is 1. The maximum atomic E-state index is 10.1. The molecule has 0 heterocycles. The van der Waals surface area contributed by atoms with Gasteiger partial charge in [0.15, 0.2) is 5.76 Å². The molecule has 0 saturated carbocycles. The van der Waals surface area contributed by atoms with Crippen molar-refractivity contribution < 1.29 is 14.6 Å². The Hall–Kier alpha value is -1.34. The first-order valence-electron chi connectivity index (χ1n) is 2.11. The molecule has 0 aliphatic heterocycles. The molecular weight excluding hydrogens is 122 g/mol. The molecule has 4 nitrogen and oxygen atoms in total. The van der Waals surface area contributed by atoms with Crippen molar-refractivity contribution in [2.75, 3.05) is 6.61 Å². The van der Waals surface area contributed by atoms with Gasteiger partial charge in [0.25, 0.3) is 0 Å². The third kappa shape index (κ3) is 3.26. The monoisotopic (exact) mass is 127 g/mol. The molecule has 0 fully saturated rings. The predicted molar refractivity (Wildman–Crippen MR) is 27.9 cm³/mol. The van der Waals surface area contributed by atoms with E-state index in [2.05, 4.69) is 11.3 Å². The number of carbonyl (C=O) groups is 1. The molecule has 0 bridgehead atoms. The molecule has 4 heteroatoms. The SMILES string of the molecule is C=C(C#N)OC(=O)CO. The van der Waals surface area contributed by atoms with Crippen molar-refractivity contribution in [2.24, 2.45) is 0 Å². The number of ether oxygens (including phenoxy) is 1. The fraction of sp³-hybridized carbons (Fsp3) is 0.200. The highest BCUT2D eigenvalue weighted by Gasteiger charge is 2.00. The lowest BCUT2D eigenvalue weighted by molar-refractivity contribution is -0.142. The molecule has 0 aliphatic rings. The second kappa shape index (κ2) is 3.64. The zero-order valence-electron chi connectivity index (χ0n) is 4.63. The van der Waals surface area contributed by atoms with Crippen LogP contribution in [0.4, 0.5) is 0 Å². The smallest absolute Gasteiger partial charge is 0.337 e. The third-order valence-corrected chi connectivity index (χ3v) is 0.491. The second-order valence-corrected chi connectivity index (χ2v) is 1.17. The van der Waals surface area contributed by atoms with E-state index in [1.165, 1.54) is 6.07 Å². The summed E-state index contributed by atoms with van der Waals surface area (Å²) in [6.07, 6.45) is 0. The lowest BCUT2D eigenvalue weighted by Gasteiger charge is -1.94. The zero-order valence-corrected chi connectivity index (χ0v) is 4.63. The van der Waals surface area contributed by atoms with Gasteiger partial charge in [0.05, 0.1) is 0 Å². The van der Waals surface area contributed by atoms with Gasteiger partial charge in [0.1, 0.15) is 12.7 Å². The van der Waals surface area contributed by atoms with E-state index in [1.54, 1.807) is 0 Å². The number of nitriles is 1. The zero-order chi connectivity index (χ0) is 7.28. The van der Waals surface area contributed by atoms with E-state index in [0.29, 0.717) is 0 Å². The summed E-state index contributed by atoms with van der Waals surface area (Å²) < 4.78 is 4.10. The molecule has 1 N–H and O–H groups in total. The van der Waals surface area contributed by atoms with Gasteiger partial charge >= 0.3 is 5.97 Å². The Kier molecular flexibility index (Phi) is 3.09. The van der Waals surface area contributed by atoms with E-state index in [0.717, 1.165) is 0 Å². The highest BCUT2D eigenvalue weighted by Crippen LogP contribution is 1.88. The molecule has 9 heavy (non-hydrogen) atoms. The largest absolute Gasteiger partial charge is 0.414 e. The Morgan fingerprint density at radius 2 is 2.44 bits per heavy atom. The maximum absolute atomic E-state index is 10.1. The predicted octanol–water partition coefficient (Wildman–Crippen LogP) is -0.441. The van der Waals surface area contributed by atoms with Crippen molar-refractivity contribution >= 4 is 5.97 Å².